The van der Waals surface area contributed by atoms with Crippen molar-refractivity contribution >= 4 is 7.60 Å². The van der Waals surface area contributed by atoms with Crippen LogP contribution in [0.4, 0.5) is 13.2 Å². The molecule has 0 atom stereocenters. The summed E-state index contributed by atoms with van der Waals surface area (Å²) in [7, 11) is -3.07. The highest BCUT2D eigenvalue weighted by Crippen LogP contribution is 2.48. The Morgan fingerprint density at radius 1 is 1.09 bits per heavy atom. The average Bonchev–Trinajstić information content (AvgIpc) is 2.47. The lowest BCUT2D eigenvalue weighted by Gasteiger charge is -2.16. The topological polar surface area (TPSA) is 44.8 Å². The predicted octanol–water partition coefficient (Wildman–Crippen LogP) is 5.13. The van der Waals surface area contributed by atoms with Crippen LogP contribution < -0.4 is 4.74 Å². The molecule has 0 aromatic heterocycles. The van der Waals surface area contributed by atoms with Crippen LogP contribution in [0, 0.1) is 0 Å². The molecule has 23 heavy (non-hydrogen) atoms. The summed E-state index contributed by atoms with van der Waals surface area (Å²) >= 11 is 0. The molecule has 0 amide bonds. The van der Waals surface area contributed by atoms with Gasteiger partial charge in [0.25, 0.3) is 0 Å². The van der Waals surface area contributed by atoms with Crippen LogP contribution in [-0.2, 0) is 19.8 Å². The summed E-state index contributed by atoms with van der Waals surface area (Å²) < 4.78 is 65.5. The van der Waals surface area contributed by atoms with Crippen LogP contribution in [0.3, 0.4) is 0 Å². The Hall–Kier alpha value is -1.04. The van der Waals surface area contributed by atoms with Gasteiger partial charge in [-0.25, -0.2) is 0 Å². The van der Waals surface area contributed by atoms with E-state index in [1.807, 2.05) is 0 Å². The van der Waals surface area contributed by atoms with E-state index in [2.05, 4.69) is 0 Å². The van der Waals surface area contributed by atoms with Gasteiger partial charge < -0.3 is 13.8 Å². The van der Waals surface area contributed by atoms with E-state index < -0.39 is 19.3 Å². The summed E-state index contributed by atoms with van der Waals surface area (Å²) in [5.41, 5.74) is -0.743. The van der Waals surface area contributed by atoms with E-state index in [-0.39, 0.29) is 18.5 Å². The molecule has 0 aliphatic heterocycles. The number of ether oxygens (including phenoxy) is 1. The number of hydrogen-bond acceptors (Lipinski definition) is 4. The third kappa shape index (κ3) is 7.38. The normalized spacial score (nSPS) is 12.4. The molecule has 132 valence electrons. The van der Waals surface area contributed by atoms with Crippen molar-refractivity contribution in [1.82, 2.24) is 0 Å². The monoisotopic (exact) mass is 354 g/mol. The summed E-state index contributed by atoms with van der Waals surface area (Å²) in [5, 5.41) is 0. The van der Waals surface area contributed by atoms with Crippen molar-refractivity contribution in [2.24, 2.45) is 0 Å². The van der Waals surface area contributed by atoms with Crippen LogP contribution in [0.2, 0.25) is 0 Å². The molecule has 0 aliphatic rings. The number of hydrogen-bond donors (Lipinski definition) is 0. The van der Waals surface area contributed by atoms with E-state index in [9.17, 15) is 17.7 Å². The van der Waals surface area contributed by atoms with E-state index in [4.69, 9.17) is 13.8 Å². The van der Waals surface area contributed by atoms with Gasteiger partial charge in [-0.1, -0.05) is 6.07 Å². The molecule has 8 heteroatoms. The summed E-state index contributed by atoms with van der Waals surface area (Å²) in [6.07, 6.45) is -3.04. The molecule has 1 aromatic carbocycles. The highest BCUT2D eigenvalue weighted by Gasteiger charge is 2.30. The molecule has 0 radical (unpaired) electrons. The van der Waals surface area contributed by atoms with E-state index in [1.165, 1.54) is 12.1 Å². The maximum absolute atomic E-state index is 12.6. The molecule has 1 aromatic rings. The first-order valence-electron chi connectivity index (χ1n) is 7.49. The summed E-state index contributed by atoms with van der Waals surface area (Å²) in [6, 6.07) is 4.73. The van der Waals surface area contributed by atoms with Crippen LogP contribution in [0.15, 0.2) is 24.3 Å². The third-order valence-corrected chi connectivity index (χ3v) is 5.08. The highest BCUT2D eigenvalue weighted by atomic mass is 31.2. The van der Waals surface area contributed by atoms with Gasteiger partial charge in [0, 0.05) is 0 Å². The van der Waals surface area contributed by atoms with Gasteiger partial charge in [0.2, 0.25) is 0 Å². The maximum atomic E-state index is 12.6. The van der Waals surface area contributed by atoms with Crippen molar-refractivity contribution in [1.29, 1.82) is 0 Å². The zero-order valence-electron chi connectivity index (χ0n) is 13.3. The third-order valence-electron chi connectivity index (χ3n) is 2.91. The first kappa shape index (κ1) is 20.0. The van der Waals surface area contributed by atoms with Crippen molar-refractivity contribution < 1.29 is 31.5 Å². The lowest BCUT2D eigenvalue weighted by Crippen LogP contribution is -2.06. The summed E-state index contributed by atoms with van der Waals surface area (Å²) in [6.45, 7) is 4.32. The van der Waals surface area contributed by atoms with Crippen LogP contribution in [0.1, 0.15) is 32.3 Å². The molecule has 0 saturated carbocycles. The number of alkyl halides is 3. The van der Waals surface area contributed by atoms with Gasteiger partial charge in [-0.05, 0) is 44.9 Å². The molecule has 1 rings (SSSR count). The van der Waals surface area contributed by atoms with Gasteiger partial charge >= 0.3 is 13.8 Å². The fourth-order valence-electron chi connectivity index (χ4n) is 1.92. The number of benzene rings is 1. The van der Waals surface area contributed by atoms with Gasteiger partial charge in [0.1, 0.15) is 5.75 Å². The van der Waals surface area contributed by atoms with Gasteiger partial charge in [0.15, 0.2) is 0 Å². The Kier molecular flexibility index (Phi) is 8.09. The number of unbranched alkanes of at least 4 members (excludes halogenated alkanes) is 1. The van der Waals surface area contributed by atoms with Gasteiger partial charge in [-0.2, -0.15) is 13.2 Å². The fourth-order valence-corrected chi connectivity index (χ4v) is 3.65. The minimum atomic E-state index is -4.39. The standard InChI is InChI=1S/C15H22F3O4P/c1-3-21-23(19,22-4-2)11-6-5-10-20-14-9-7-8-13(12-14)15(16,17)18/h7-9,12H,3-6,10-11H2,1-2H3. The molecule has 0 saturated heterocycles. The molecular weight excluding hydrogens is 332 g/mol. The molecule has 0 N–H and O–H groups in total. The molecule has 0 aliphatic carbocycles. The van der Waals surface area contributed by atoms with Gasteiger partial charge in [-0.15, -0.1) is 0 Å². The summed E-state index contributed by atoms with van der Waals surface area (Å²) in [5.74, 6) is 0.164. The molecule has 0 bridgehead atoms. The quantitative estimate of drug-likeness (QED) is 0.432. The number of halogens is 3. The summed E-state index contributed by atoms with van der Waals surface area (Å²) in [4.78, 5) is 0. The van der Waals surface area contributed by atoms with Crippen molar-refractivity contribution in [3.05, 3.63) is 29.8 Å². The fraction of sp³-hybridized carbons (Fsp3) is 0.600. The van der Waals surface area contributed by atoms with Gasteiger partial charge in [0.05, 0.1) is 31.5 Å². The maximum Gasteiger partial charge on any atom is 0.416 e. The minimum Gasteiger partial charge on any atom is -0.494 e. The number of rotatable bonds is 10. The predicted molar refractivity (Wildman–Crippen MR) is 81.9 cm³/mol. The second-order valence-electron chi connectivity index (χ2n) is 4.75. The van der Waals surface area contributed by atoms with Crippen LogP contribution in [-0.4, -0.2) is 26.0 Å². The van der Waals surface area contributed by atoms with E-state index in [0.29, 0.717) is 26.1 Å². The van der Waals surface area contributed by atoms with E-state index in [1.54, 1.807) is 13.8 Å². The second kappa shape index (κ2) is 9.30. The van der Waals surface area contributed by atoms with Crippen molar-refractivity contribution in [3.63, 3.8) is 0 Å². The zero-order valence-corrected chi connectivity index (χ0v) is 14.2. The van der Waals surface area contributed by atoms with E-state index >= 15 is 0 Å². The second-order valence-corrected chi connectivity index (χ2v) is 6.94. The molecule has 0 fully saturated rings. The molecular formula is C15H22F3O4P. The minimum absolute atomic E-state index is 0.164. The van der Waals surface area contributed by atoms with Crippen molar-refractivity contribution in [3.8, 4) is 5.75 Å². The Labute approximate surface area is 134 Å². The molecule has 0 heterocycles. The lowest BCUT2D eigenvalue weighted by atomic mass is 10.2. The molecule has 4 nitrogen and oxygen atoms in total. The van der Waals surface area contributed by atoms with Gasteiger partial charge in [-0.3, -0.25) is 4.57 Å². The Balaban J connectivity index is 2.39. The first-order valence-corrected chi connectivity index (χ1v) is 9.21. The lowest BCUT2D eigenvalue weighted by molar-refractivity contribution is -0.137. The Morgan fingerprint density at radius 3 is 2.30 bits per heavy atom. The van der Waals surface area contributed by atoms with Crippen LogP contribution in [0.25, 0.3) is 0 Å². The Bertz CT molecular complexity index is 510. The SMILES string of the molecule is CCOP(=O)(CCCCOc1cccc(C(F)(F)F)c1)OCC. The molecule has 0 spiro atoms. The largest absolute Gasteiger partial charge is 0.494 e. The van der Waals surface area contributed by atoms with Crippen LogP contribution in [0.5, 0.6) is 5.75 Å². The first-order chi connectivity index (χ1) is 10.8. The Morgan fingerprint density at radius 2 is 1.74 bits per heavy atom. The molecule has 0 unspecified atom stereocenters. The highest BCUT2D eigenvalue weighted by molar-refractivity contribution is 7.53. The van der Waals surface area contributed by atoms with Crippen molar-refractivity contribution in [2.45, 2.75) is 32.9 Å². The van der Waals surface area contributed by atoms with Crippen molar-refractivity contribution in [2.75, 3.05) is 26.0 Å². The van der Waals surface area contributed by atoms with E-state index in [0.717, 1.165) is 12.1 Å². The van der Waals surface area contributed by atoms with Crippen LogP contribution >= 0.6 is 7.60 Å². The zero-order chi connectivity index (χ0) is 17.3. The smallest absolute Gasteiger partial charge is 0.416 e. The average molecular weight is 354 g/mol.